The Morgan fingerprint density at radius 1 is 1.53 bits per heavy atom. The minimum atomic E-state index is -0.891. The van der Waals surface area contributed by atoms with Crippen LogP contribution in [0.2, 0.25) is 0 Å². The fourth-order valence-corrected chi connectivity index (χ4v) is 1.42. The van der Waals surface area contributed by atoms with E-state index in [9.17, 15) is 9.59 Å². The fourth-order valence-electron chi connectivity index (χ4n) is 1.42. The number of hydrogen-bond donors (Lipinski definition) is 3. The standard InChI is InChI=1S/C10H17N5O2/c1-7(5-15-3-2-13-6-15)14-10(17)8(11)4-9(12)16/h2-3,6-8H,4-5,11H2,1H3,(H2,12,16)(H,14,17). The van der Waals surface area contributed by atoms with Gasteiger partial charge < -0.3 is 21.4 Å². The van der Waals surface area contributed by atoms with Crippen molar-refractivity contribution in [3.63, 3.8) is 0 Å². The van der Waals surface area contributed by atoms with Crippen LogP contribution in [0.4, 0.5) is 0 Å². The second-order valence-corrected chi connectivity index (χ2v) is 3.95. The lowest BCUT2D eigenvalue weighted by Gasteiger charge is -2.17. The summed E-state index contributed by atoms with van der Waals surface area (Å²) in [7, 11) is 0. The molecule has 94 valence electrons. The Morgan fingerprint density at radius 2 is 2.24 bits per heavy atom. The van der Waals surface area contributed by atoms with Crippen LogP contribution in [-0.4, -0.2) is 33.4 Å². The number of primary amides is 1. The summed E-state index contributed by atoms with van der Waals surface area (Å²) in [5.74, 6) is -0.966. The zero-order valence-corrected chi connectivity index (χ0v) is 9.67. The van der Waals surface area contributed by atoms with E-state index in [1.807, 2.05) is 11.5 Å². The third-order valence-corrected chi connectivity index (χ3v) is 2.19. The van der Waals surface area contributed by atoms with Gasteiger partial charge >= 0.3 is 0 Å². The number of imidazole rings is 1. The average Bonchev–Trinajstić information content (AvgIpc) is 2.68. The summed E-state index contributed by atoms with van der Waals surface area (Å²) < 4.78 is 1.84. The number of nitrogens with two attached hydrogens (primary N) is 2. The highest BCUT2D eigenvalue weighted by Gasteiger charge is 2.17. The molecule has 0 saturated heterocycles. The van der Waals surface area contributed by atoms with Crippen LogP contribution in [0, 0.1) is 0 Å². The van der Waals surface area contributed by atoms with Gasteiger partial charge in [0, 0.05) is 25.0 Å². The van der Waals surface area contributed by atoms with E-state index in [0.717, 1.165) is 0 Å². The molecule has 0 aliphatic carbocycles. The van der Waals surface area contributed by atoms with E-state index in [-0.39, 0.29) is 18.4 Å². The summed E-state index contributed by atoms with van der Waals surface area (Å²) in [5.41, 5.74) is 10.5. The summed E-state index contributed by atoms with van der Waals surface area (Å²) in [6, 6.07) is -0.992. The molecule has 0 bridgehead atoms. The van der Waals surface area contributed by atoms with E-state index in [1.54, 1.807) is 18.7 Å². The monoisotopic (exact) mass is 239 g/mol. The van der Waals surface area contributed by atoms with Gasteiger partial charge in [0.2, 0.25) is 11.8 Å². The fraction of sp³-hybridized carbons (Fsp3) is 0.500. The number of carbonyl (C=O) groups is 2. The maximum Gasteiger partial charge on any atom is 0.237 e. The van der Waals surface area contributed by atoms with Gasteiger partial charge in [-0.2, -0.15) is 0 Å². The highest BCUT2D eigenvalue weighted by Crippen LogP contribution is 1.94. The molecule has 0 saturated carbocycles. The van der Waals surface area contributed by atoms with Gasteiger partial charge in [0.1, 0.15) is 0 Å². The van der Waals surface area contributed by atoms with E-state index in [2.05, 4.69) is 10.3 Å². The van der Waals surface area contributed by atoms with Gasteiger partial charge in [-0.15, -0.1) is 0 Å². The summed E-state index contributed by atoms with van der Waals surface area (Å²) in [6.07, 6.45) is 4.97. The number of nitrogens with one attached hydrogen (secondary N) is 1. The maximum absolute atomic E-state index is 11.5. The van der Waals surface area contributed by atoms with Crippen molar-refractivity contribution in [3.05, 3.63) is 18.7 Å². The van der Waals surface area contributed by atoms with Crippen molar-refractivity contribution in [1.29, 1.82) is 0 Å². The average molecular weight is 239 g/mol. The zero-order valence-electron chi connectivity index (χ0n) is 9.67. The SMILES string of the molecule is CC(Cn1ccnc1)NC(=O)C(N)CC(N)=O. The molecule has 17 heavy (non-hydrogen) atoms. The smallest absolute Gasteiger partial charge is 0.237 e. The lowest BCUT2D eigenvalue weighted by atomic mass is 10.2. The molecule has 0 radical (unpaired) electrons. The van der Waals surface area contributed by atoms with Crippen LogP contribution < -0.4 is 16.8 Å². The van der Waals surface area contributed by atoms with Crippen molar-refractivity contribution in [2.45, 2.75) is 32.0 Å². The molecular formula is C10H17N5O2. The first kappa shape index (κ1) is 13.2. The second-order valence-electron chi connectivity index (χ2n) is 3.95. The van der Waals surface area contributed by atoms with Crippen molar-refractivity contribution < 1.29 is 9.59 Å². The Labute approximate surface area is 99.2 Å². The molecule has 5 N–H and O–H groups in total. The van der Waals surface area contributed by atoms with Crippen LogP contribution in [-0.2, 0) is 16.1 Å². The molecule has 0 aliphatic rings. The Balaban J connectivity index is 2.37. The lowest BCUT2D eigenvalue weighted by molar-refractivity contribution is -0.126. The Kier molecular flexibility index (Phi) is 4.65. The van der Waals surface area contributed by atoms with Crippen LogP contribution in [0.5, 0.6) is 0 Å². The topological polar surface area (TPSA) is 116 Å². The Hall–Kier alpha value is -1.89. The lowest BCUT2D eigenvalue weighted by Crippen LogP contribution is -2.47. The van der Waals surface area contributed by atoms with Crippen molar-refractivity contribution in [3.8, 4) is 0 Å². The highest BCUT2D eigenvalue weighted by atomic mass is 16.2. The van der Waals surface area contributed by atoms with Crippen LogP contribution in [0.25, 0.3) is 0 Å². The molecule has 0 aromatic carbocycles. The first-order chi connectivity index (χ1) is 7.99. The summed E-state index contributed by atoms with van der Waals surface area (Å²) >= 11 is 0. The second kappa shape index (κ2) is 6.00. The van der Waals surface area contributed by atoms with Crippen molar-refractivity contribution in [1.82, 2.24) is 14.9 Å². The van der Waals surface area contributed by atoms with Gasteiger partial charge in [0.25, 0.3) is 0 Å². The van der Waals surface area contributed by atoms with E-state index in [1.165, 1.54) is 0 Å². The summed E-state index contributed by atoms with van der Waals surface area (Å²) in [5, 5.41) is 2.70. The molecule has 0 spiro atoms. The minimum Gasteiger partial charge on any atom is -0.370 e. The number of aromatic nitrogens is 2. The van der Waals surface area contributed by atoms with Gasteiger partial charge in [0.15, 0.2) is 0 Å². The summed E-state index contributed by atoms with van der Waals surface area (Å²) in [4.78, 5) is 26.0. The van der Waals surface area contributed by atoms with Gasteiger partial charge in [-0.25, -0.2) is 4.98 Å². The molecule has 1 heterocycles. The number of hydrogen-bond acceptors (Lipinski definition) is 4. The van der Waals surface area contributed by atoms with Crippen molar-refractivity contribution in [2.24, 2.45) is 11.5 Å². The summed E-state index contributed by atoms with van der Waals surface area (Å²) in [6.45, 7) is 2.43. The third kappa shape index (κ3) is 4.64. The molecule has 2 amide bonds. The highest BCUT2D eigenvalue weighted by molar-refractivity contribution is 5.87. The minimum absolute atomic E-state index is 0.101. The predicted octanol–water partition coefficient (Wildman–Crippen LogP) is -1.41. The molecule has 0 aliphatic heterocycles. The predicted molar refractivity (Wildman–Crippen MR) is 61.6 cm³/mol. The molecule has 7 heteroatoms. The number of nitrogens with zero attached hydrogens (tertiary/aromatic N) is 2. The van der Waals surface area contributed by atoms with Gasteiger partial charge in [-0.1, -0.05) is 0 Å². The third-order valence-electron chi connectivity index (χ3n) is 2.19. The zero-order chi connectivity index (χ0) is 12.8. The molecular weight excluding hydrogens is 222 g/mol. The number of carbonyl (C=O) groups excluding carboxylic acids is 2. The normalized spacial score (nSPS) is 14.0. The Morgan fingerprint density at radius 3 is 2.76 bits per heavy atom. The van der Waals surface area contributed by atoms with Crippen molar-refractivity contribution in [2.75, 3.05) is 0 Å². The van der Waals surface area contributed by atoms with E-state index < -0.39 is 11.9 Å². The van der Waals surface area contributed by atoms with Gasteiger partial charge in [-0.05, 0) is 6.92 Å². The van der Waals surface area contributed by atoms with Crippen LogP contribution >= 0.6 is 0 Å². The molecule has 0 fully saturated rings. The number of rotatable bonds is 6. The van der Waals surface area contributed by atoms with Crippen LogP contribution in [0.15, 0.2) is 18.7 Å². The first-order valence-corrected chi connectivity index (χ1v) is 5.29. The molecule has 1 aromatic heterocycles. The first-order valence-electron chi connectivity index (χ1n) is 5.29. The molecule has 1 rings (SSSR count). The quantitative estimate of drug-likeness (QED) is 0.565. The number of amides is 2. The molecule has 7 nitrogen and oxygen atoms in total. The van der Waals surface area contributed by atoms with Gasteiger partial charge in [-0.3, -0.25) is 9.59 Å². The molecule has 1 aromatic rings. The largest absolute Gasteiger partial charge is 0.370 e. The van der Waals surface area contributed by atoms with Crippen LogP contribution in [0.3, 0.4) is 0 Å². The molecule has 2 atom stereocenters. The van der Waals surface area contributed by atoms with Gasteiger partial charge in [0.05, 0.1) is 18.8 Å². The maximum atomic E-state index is 11.5. The van der Waals surface area contributed by atoms with E-state index in [4.69, 9.17) is 11.5 Å². The van der Waals surface area contributed by atoms with Crippen LogP contribution in [0.1, 0.15) is 13.3 Å². The Bertz CT molecular complexity index is 376. The van der Waals surface area contributed by atoms with E-state index >= 15 is 0 Å². The van der Waals surface area contributed by atoms with Crippen molar-refractivity contribution >= 4 is 11.8 Å². The van der Waals surface area contributed by atoms with E-state index in [0.29, 0.717) is 6.54 Å². The molecule has 2 unspecified atom stereocenters.